The lowest BCUT2D eigenvalue weighted by Crippen LogP contribution is -2.11. The van der Waals surface area contributed by atoms with Gasteiger partial charge in [-0.1, -0.05) is 42.5 Å². The highest BCUT2D eigenvalue weighted by atomic mass is 16.5. The minimum absolute atomic E-state index is 0.248. The Morgan fingerprint density at radius 1 is 0.600 bits per heavy atom. The van der Waals surface area contributed by atoms with E-state index >= 15 is 0 Å². The molecule has 140 valence electrons. The zero-order chi connectivity index (χ0) is 19.6. The number of carbonyl (C=O) groups excluding carboxylic acids is 1. The van der Waals surface area contributed by atoms with Crippen molar-refractivity contribution in [2.24, 2.45) is 0 Å². The topological polar surface area (TPSA) is 26.3 Å². The van der Waals surface area contributed by atoms with Gasteiger partial charge in [-0.15, -0.1) is 0 Å². The van der Waals surface area contributed by atoms with Crippen molar-refractivity contribution in [3.05, 3.63) is 99.6 Å². The third-order valence-electron chi connectivity index (χ3n) is 7.33. The number of benzene rings is 5. The van der Waals surface area contributed by atoms with Gasteiger partial charge in [0.2, 0.25) is 0 Å². The van der Waals surface area contributed by atoms with Crippen molar-refractivity contribution in [3.63, 3.8) is 0 Å². The molecule has 0 N–H and O–H groups in total. The van der Waals surface area contributed by atoms with Crippen molar-refractivity contribution in [3.8, 4) is 5.75 Å². The van der Waals surface area contributed by atoms with E-state index in [2.05, 4.69) is 30.3 Å². The average Bonchev–Trinajstić information content (AvgIpc) is 3.43. The van der Waals surface area contributed by atoms with Crippen LogP contribution in [0.25, 0.3) is 32.3 Å². The molecule has 0 saturated heterocycles. The van der Waals surface area contributed by atoms with Crippen LogP contribution in [0.5, 0.6) is 5.75 Å². The second kappa shape index (κ2) is 4.91. The maximum absolute atomic E-state index is 13.3. The standard InChI is InChI=1S/C28H16O2/c29-28(30-19-4-2-1-3-5-19)21-13-18-11-16-7-6-14-10-15-8-9-17-12-20(21)27-25(17)23(15)22(14)24(16)26(18)27/h1-9,13H,10-12H2. The fourth-order valence-corrected chi connectivity index (χ4v) is 6.21. The highest BCUT2D eigenvalue weighted by Crippen LogP contribution is 2.53. The molecule has 0 unspecified atom stereocenters. The lowest BCUT2D eigenvalue weighted by Gasteiger charge is -2.12. The Balaban J connectivity index is 1.49. The molecule has 0 spiro atoms. The van der Waals surface area contributed by atoms with Gasteiger partial charge in [-0.2, -0.15) is 0 Å². The molecule has 30 heavy (non-hydrogen) atoms. The fourth-order valence-electron chi connectivity index (χ4n) is 6.21. The van der Waals surface area contributed by atoms with E-state index in [-0.39, 0.29) is 5.97 Å². The Kier molecular flexibility index (Phi) is 2.49. The molecule has 3 aliphatic rings. The fraction of sp³-hybridized carbons (Fsp3) is 0.107. The number of rotatable bonds is 2. The first-order chi connectivity index (χ1) is 14.8. The zero-order valence-corrected chi connectivity index (χ0v) is 16.2. The molecule has 8 rings (SSSR count). The summed E-state index contributed by atoms with van der Waals surface area (Å²) in [5.74, 6) is 0.345. The summed E-state index contributed by atoms with van der Waals surface area (Å²) in [6.45, 7) is 0. The summed E-state index contributed by atoms with van der Waals surface area (Å²) in [5.41, 5.74) is 8.78. The summed E-state index contributed by atoms with van der Waals surface area (Å²) in [6.07, 6.45) is 2.73. The van der Waals surface area contributed by atoms with Crippen LogP contribution in [0.4, 0.5) is 0 Å². The summed E-state index contributed by atoms with van der Waals surface area (Å²) in [7, 11) is 0. The van der Waals surface area contributed by atoms with E-state index in [1.807, 2.05) is 30.3 Å². The van der Waals surface area contributed by atoms with Gasteiger partial charge >= 0.3 is 5.97 Å². The molecule has 0 aliphatic heterocycles. The lowest BCUT2D eigenvalue weighted by atomic mass is 9.93. The van der Waals surface area contributed by atoms with Crippen LogP contribution in [-0.4, -0.2) is 5.97 Å². The quantitative estimate of drug-likeness (QED) is 0.205. The molecule has 3 aliphatic carbocycles. The van der Waals surface area contributed by atoms with Crippen LogP contribution in [0.15, 0.2) is 60.7 Å². The Bertz CT molecular complexity index is 1610. The summed E-state index contributed by atoms with van der Waals surface area (Å²) in [4.78, 5) is 13.3. The highest BCUT2D eigenvalue weighted by Gasteiger charge is 2.34. The van der Waals surface area contributed by atoms with Crippen LogP contribution in [-0.2, 0) is 19.3 Å². The van der Waals surface area contributed by atoms with Crippen molar-refractivity contribution >= 4 is 38.3 Å². The summed E-state index contributed by atoms with van der Waals surface area (Å²) >= 11 is 0. The van der Waals surface area contributed by atoms with Crippen LogP contribution in [0.1, 0.15) is 43.7 Å². The van der Waals surface area contributed by atoms with Crippen molar-refractivity contribution in [1.29, 1.82) is 0 Å². The van der Waals surface area contributed by atoms with Gasteiger partial charge in [0, 0.05) is 0 Å². The molecule has 0 heterocycles. The molecule has 5 aromatic carbocycles. The van der Waals surface area contributed by atoms with Gasteiger partial charge in [-0.05, 0) is 103 Å². The third kappa shape index (κ3) is 1.63. The van der Waals surface area contributed by atoms with Crippen LogP contribution in [0.2, 0.25) is 0 Å². The molecular formula is C28H16O2. The van der Waals surface area contributed by atoms with Gasteiger partial charge in [0.25, 0.3) is 0 Å². The smallest absolute Gasteiger partial charge is 0.343 e. The van der Waals surface area contributed by atoms with Gasteiger partial charge in [0.1, 0.15) is 5.75 Å². The maximum atomic E-state index is 13.3. The van der Waals surface area contributed by atoms with E-state index in [0.717, 1.165) is 30.4 Å². The Labute approximate surface area is 172 Å². The predicted molar refractivity (Wildman–Crippen MR) is 119 cm³/mol. The van der Waals surface area contributed by atoms with Gasteiger partial charge in [-0.25, -0.2) is 4.79 Å². The number of esters is 1. The van der Waals surface area contributed by atoms with Crippen molar-refractivity contribution in [2.75, 3.05) is 0 Å². The lowest BCUT2D eigenvalue weighted by molar-refractivity contribution is 0.0734. The number of ether oxygens (including phenoxy) is 1. The molecule has 0 radical (unpaired) electrons. The molecule has 0 aromatic heterocycles. The molecule has 0 amide bonds. The maximum Gasteiger partial charge on any atom is 0.343 e. The number of carbonyl (C=O) groups is 1. The Morgan fingerprint density at radius 3 is 1.80 bits per heavy atom. The number of hydrogen-bond acceptors (Lipinski definition) is 2. The van der Waals surface area contributed by atoms with E-state index in [1.54, 1.807) is 0 Å². The van der Waals surface area contributed by atoms with Gasteiger partial charge in [0.15, 0.2) is 0 Å². The molecular weight excluding hydrogens is 368 g/mol. The van der Waals surface area contributed by atoms with E-state index < -0.39 is 0 Å². The summed E-state index contributed by atoms with van der Waals surface area (Å²) in [5, 5.41) is 8.43. The molecule has 5 aromatic rings. The normalized spacial score (nSPS) is 14.4. The number of hydrogen-bond donors (Lipinski definition) is 0. The molecule has 2 nitrogen and oxygen atoms in total. The molecule has 0 atom stereocenters. The highest BCUT2D eigenvalue weighted by molar-refractivity contribution is 6.34. The van der Waals surface area contributed by atoms with E-state index in [0.29, 0.717) is 5.75 Å². The summed E-state index contributed by atoms with van der Waals surface area (Å²) in [6, 6.07) is 20.7. The second-order valence-corrected chi connectivity index (χ2v) is 8.81. The Morgan fingerprint density at radius 2 is 1.13 bits per heavy atom. The SMILES string of the molecule is O=C(Oc1ccccc1)c1cc2c3c4c(ccc5c4c4c(ccc6c4c3c1C6)C5)C2. The first-order valence-corrected chi connectivity index (χ1v) is 10.5. The van der Waals surface area contributed by atoms with Crippen molar-refractivity contribution in [2.45, 2.75) is 19.3 Å². The Hall–Kier alpha value is -3.65. The van der Waals surface area contributed by atoms with Crippen molar-refractivity contribution < 1.29 is 9.53 Å². The van der Waals surface area contributed by atoms with E-state index in [4.69, 9.17) is 4.74 Å². The molecule has 0 fully saturated rings. The minimum Gasteiger partial charge on any atom is -0.423 e. The predicted octanol–water partition coefficient (Wildman–Crippen LogP) is 6.08. The average molecular weight is 384 g/mol. The number of para-hydroxylation sites is 1. The largest absolute Gasteiger partial charge is 0.423 e. The zero-order valence-electron chi connectivity index (χ0n) is 16.2. The van der Waals surface area contributed by atoms with Crippen LogP contribution in [0, 0.1) is 0 Å². The molecule has 2 heteroatoms. The monoisotopic (exact) mass is 384 g/mol. The van der Waals surface area contributed by atoms with Gasteiger partial charge in [0.05, 0.1) is 5.56 Å². The van der Waals surface area contributed by atoms with Crippen LogP contribution >= 0.6 is 0 Å². The molecule has 0 saturated carbocycles. The first kappa shape index (κ1) is 15.2. The van der Waals surface area contributed by atoms with Crippen LogP contribution in [0.3, 0.4) is 0 Å². The van der Waals surface area contributed by atoms with Crippen LogP contribution < -0.4 is 4.74 Å². The van der Waals surface area contributed by atoms with Gasteiger partial charge < -0.3 is 4.74 Å². The van der Waals surface area contributed by atoms with Crippen molar-refractivity contribution in [1.82, 2.24) is 0 Å². The van der Waals surface area contributed by atoms with Gasteiger partial charge in [-0.3, -0.25) is 0 Å². The van der Waals surface area contributed by atoms with E-state index in [9.17, 15) is 4.79 Å². The van der Waals surface area contributed by atoms with E-state index in [1.165, 1.54) is 60.1 Å². The summed E-state index contributed by atoms with van der Waals surface area (Å²) < 4.78 is 5.77. The molecule has 0 bridgehead atoms. The first-order valence-electron chi connectivity index (χ1n) is 10.5. The second-order valence-electron chi connectivity index (χ2n) is 8.81. The third-order valence-corrected chi connectivity index (χ3v) is 7.33. The minimum atomic E-state index is -0.248.